The van der Waals surface area contributed by atoms with E-state index in [2.05, 4.69) is 43.3 Å². The van der Waals surface area contributed by atoms with Crippen molar-refractivity contribution in [3.63, 3.8) is 0 Å². The van der Waals surface area contributed by atoms with Crippen molar-refractivity contribution < 1.29 is 0 Å². The summed E-state index contributed by atoms with van der Waals surface area (Å²) in [7, 11) is 0. The molecule has 0 unspecified atom stereocenters. The Balaban J connectivity index is 2.31. The van der Waals surface area contributed by atoms with Crippen molar-refractivity contribution in [3.8, 4) is 11.1 Å². The fourth-order valence-corrected chi connectivity index (χ4v) is 2.35. The second kappa shape index (κ2) is 2.86. The van der Waals surface area contributed by atoms with Gasteiger partial charge in [-0.05, 0) is 34.7 Å². The van der Waals surface area contributed by atoms with E-state index in [9.17, 15) is 0 Å². The lowest BCUT2D eigenvalue weighted by molar-refractivity contribution is 1.25. The van der Waals surface area contributed by atoms with Gasteiger partial charge in [0.25, 0.3) is 0 Å². The van der Waals surface area contributed by atoms with Crippen molar-refractivity contribution in [2.24, 2.45) is 0 Å². The summed E-state index contributed by atoms with van der Waals surface area (Å²) in [6.45, 7) is 2.07. The monoisotopic (exact) mass is 195 g/mol. The van der Waals surface area contributed by atoms with Gasteiger partial charge in [-0.1, -0.05) is 36.4 Å². The maximum absolute atomic E-state index is 6.11. The highest BCUT2D eigenvalue weighted by Crippen LogP contribution is 2.40. The molecule has 1 aliphatic rings. The second-order valence-electron chi connectivity index (χ2n) is 4.16. The van der Waals surface area contributed by atoms with E-state index in [1.165, 1.54) is 27.8 Å². The minimum Gasteiger partial charge on any atom is -0.398 e. The van der Waals surface area contributed by atoms with Crippen molar-refractivity contribution >= 4 is 5.69 Å². The molecular weight excluding hydrogens is 182 g/mol. The number of nitrogen functional groups attached to an aromatic ring is 1. The normalized spacial score (nSPS) is 12.3. The van der Waals surface area contributed by atoms with E-state index in [1.807, 2.05) is 0 Å². The van der Waals surface area contributed by atoms with Crippen LogP contribution >= 0.6 is 0 Å². The number of nitrogens with two attached hydrogens (primary N) is 1. The summed E-state index contributed by atoms with van der Waals surface area (Å²) in [6.07, 6.45) is 0.985. The molecule has 0 heterocycles. The number of anilines is 1. The van der Waals surface area contributed by atoms with Crippen LogP contribution in [0, 0.1) is 6.92 Å². The Bertz CT molecular complexity index is 541. The lowest BCUT2D eigenvalue weighted by atomic mass is 10.0. The van der Waals surface area contributed by atoms with Crippen LogP contribution < -0.4 is 5.73 Å². The molecule has 0 aliphatic heterocycles. The zero-order valence-corrected chi connectivity index (χ0v) is 8.75. The first-order chi connectivity index (χ1) is 7.27. The van der Waals surface area contributed by atoms with E-state index in [0.717, 1.165) is 12.1 Å². The van der Waals surface area contributed by atoms with Crippen molar-refractivity contribution in [3.05, 3.63) is 53.1 Å². The molecule has 1 aliphatic carbocycles. The Kier molecular flexibility index (Phi) is 1.63. The SMILES string of the molecule is Cc1ccc2c(c1N)Cc1ccccc1-2. The Morgan fingerprint density at radius 3 is 2.67 bits per heavy atom. The average Bonchev–Trinajstić information content (AvgIpc) is 2.63. The van der Waals surface area contributed by atoms with Crippen molar-refractivity contribution in [2.45, 2.75) is 13.3 Å². The molecule has 0 bridgehead atoms. The molecule has 2 N–H and O–H groups in total. The van der Waals surface area contributed by atoms with Gasteiger partial charge in [0.1, 0.15) is 0 Å². The summed E-state index contributed by atoms with van der Waals surface area (Å²) < 4.78 is 0. The minimum absolute atomic E-state index is 0.962. The van der Waals surface area contributed by atoms with Crippen LogP contribution in [0.4, 0.5) is 5.69 Å². The maximum atomic E-state index is 6.11. The second-order valence-corrected chi connectivity index (χ2v) is 4.16. The number of hydrogen-bond acceptors (Lipinski definition) is 1. The predicted molar refractivity (Wildman–Crippen MR) is 63.8 cm³/mol. The highest BCUT2D eigenvalue weighted by Gasteiger charge is 2.20. The molecule has 15 heavy (non-hydrogen) atoms. The van der Waals surface area contributed by atoms with Gasteiger partial charge >= 0.3 is 0 Å². The Hall–Kier alpha value is -1.76. The first-order valence-electron chi connectivity index (χ1n) is 5.23. The lowest BCUT2D eigenvalue weighted by Crippen LogP contribution is -1.95. The Labute approximate surface area is 89.6 Å². The molecule has 1 nitrogen and oxygen atoms in total. The summed E-state index contributed by atoms with van der Waals surface area (Å²) in [5, 5.41) is 0. The fraction of sp³-hybridized carbons (Fsp3) is 0.143. The molecule has 0 saturated heterocycles. The summed E-state index contributed by atoms with van der Waals surface area (Å²) in [5.74, 6) is 0. The molecule has 74 valence electrons. The summed E-state index contributed by atoms with van der Waals surface area (Å²) in [5.41, 5.74) is 13.6. The molecular formula is C14H13N. The molecule has 0 aromatic heterocycles. The van der Waals surface area contributed by atoms with Crippen molar-refractivity contribution in [1.29, 1.82) is 0 Å². The van der Waals surface area contributed by atoms with Gasteiger partial charge in [0.05, 0.1) is 0 Å². The van der Waals surface area contributed by atoms with Gasteiger partial charge in [-0.2, -0.15) is 0 Å². The van der Waals surface area contributed by atoms with Gasteiger partial charge in [-0.25, -0.2) is 0 Å². The third kappa shape index (κ3) is 1.09. The van der Waals surface area contributed by atoms with Crippen LogP contribution in [0.3, 0.4) is 0 Å². The third-order valence-electron chi connectivity index (χ3n) is 3.25. The quantitative estimate of drug-likeness (QED) is 0.548. The smallest absolute Gasteiger partial charge is 0.0385 e. The van der Waals surface area contributed by atoms with E-state index in [1.54, 1.807) is 0 Å². The molecule has 2 aromatic carbocycles. The van der Waals surface area contributed by atoms with Crippen LogP contribution in [-0.4, -0.2) is 0 Å². The fourth-order valence-electron chi connectivity index (χ4n) is 2.35. The Morgan fingerprint density at radius 1 is 1.00 bits per heavy atom. The van der Waals surface area contributed by atoms with Gasteiger partial charge in [-0.15, -0.1) is 0 Å². The van der Waals surface area contributed by atoms with Crippen LogP contribution in [0.15, 0.2) is 36.4 Å². The predicted octanol–water partition coefficient (Wildman–Crippen LogP) is 3.15. The largest absolute Gasteiger partial charge is 0.398 e. The van der Waals surface area contributed by atoms with Crippen LogP contribution in [-0.2, 0) is 6.42 Å². The standard InChI is InChI=1S/C14H13N/c1-9-6-7-12-11-5-3-2-4-10(11)8-13(12)14(9)15/h2-7H,8,15H2,1H3. The first kappa shape index (κ1) is 8.54. The van der Waals surface area contributed by atoms with Gasteiger partial charge in [0.2, 0.25) is 0 Å². The van der Waals surface area contributed by atoms with Crippen LogP contribution in [0.5, 0.6) is 0 Å². The van der Waals surface area contributed by atoms with E-state index in [4.69, 9.17) is 5.73 Å². The van der Waals surface area contributed by atoms with Crippen LogP contribution in [0.25, 0.3) is 11.1 Å². The van der Waals surface area contributed by atoms with Crippen molar-refractivity contribution in [1.82, 2.24) is 0 Å². The van der Waals surface area contributed by atoms with E-state index >= 15 is 0 Å². The van der Waals surface area contributed by atoms with E-state index in [-0.39, 0.29) is 0 Å². The van der Waals surface area contributed by atoms with Gasteiger partial charge in [-0.3, -0.25) is 0 Å². The van der Waals surface area contributed by atoms with Crippen molar-refractivity contribution in [2.75, 3.05) is 5.73 Å². The summed E-state index contributed by atoms with van der Waals surface area (Å²) in [6, 6.07) is 12.8. The van der Waals surface area contributed by atoms with Gasteiger partial charge in [0.15, 0.2) is 0 Å². The lowest BCUT2D eigenvalue weighted by Gasteiger charge is -2.06. The molecule has 0 saturated carbocycles. The number of hydrogen-bond donors (Lipinski definition) is 1. The van der Waals surface area contributed by atoms with Crippen LogP contribution in [0.1, 0.15) is 16.7 Å². The number of rotatable bonds is 0. The molecule has 3 rings (SSSR count). The number of aryl methyl sites for hydroxylation is 1. The van der Waals surface area contributed by atoms with Crippen LogP contribution in [0.2, 0.25) is 0 Å². The average molecular weight is 195 g/mol. The van der Waals surface area contributed by atoms with Gasteiger partial charge in [0, 0.05) is 12.1 Å². The number of benzene rings is 2. The molecule has 0 fully saturated rings. The third-order valence-corrected chi connectivity index (χ3v) is 3.25. The molecule has 0 spiro atoms. The topological polar surface area (TPSA) is 26.0 Å². The highest BCUT2D eigenvalue weighted by atomic mass is 14.6. The molecule has 0 atom stereocenters. The minimum atomic E-state index is 0.962. The van der Waals surface area contributed by atoms with Gasteiger partial charge < -0.3 is 5.73 Å². The summed E-state index contributed by atoms with van der Waals surface area (Å²) >= 11 is 0. The molecule has 2 aromatic rings. The molecule has 0 radical (unpaired) electrons. The number of fused-ring (bicyclic) bond motifs is 3. The maximum Gasteiger partial charge on any atom is 0.0385 e. The molecule has 1 heteroatoms. The summed E-state index contributed by atoms with van der Waals surface area (Å²) in [4.78, 5) is 0. The van der Waals surface area contributed by atoms with E-state index < -0.39 is 0 Å². The first-order valence-corrected chi connectivity index (χ1v) is 5.23. The molecule has 0 amide bonds. The zero-order chi connectivity index (χ0) is 10.4. The zero-order valence-electron chi connectivity index (χ0n) is 8.75. The van der Waals surface area contributed by atoms with E-state index in [0.29, 0.717) is 0 Å². The Morgan fingerprint density at radius 2 is 1.80 bits per heavy atom. The highest BCUT2D eigenvalue weighted by molar-refractivity contribution is 5.82.